The van der Waals surface area contributed by atoms with Crippen molar-refractivity contribution in [3.8, 4) is 5.75 Å². The van der Waals surface area contributed by atoms with Gasteiger partial charge in [-0.05, 0) is 24.3 Å². The molecular weight excluding hydrogens is 288 g/mol. The maximum Gasteiger partial charge on any atom is 0.267 e. The predicted molar refractivity (Wildman–Crippen MR) is 78.5 cm³/mol. The highest BCUT2D eigenvalue weighted by molar-refractivity contribution is 6.07. The standard InChI is InChI=1S/C14H12N4O4/c15-13(21)10-5-4-8(6-16-10)14(22)18-12-9(17-7-19)2-1-3-11(12)20/h1-7,20H,(H2,15,21)(H,17,19)(H,18,22). The number of aromatic hydroxyl groups is 1. The molecule has 0 unspecified atom stereocenters. The maximum absolute atomic E-state index is 12.1. The topological polar surface area (TPSA) is 134 Å². The highest BCUT2D eigenvalue weighted by atomic mass is 16.3. The van der Waals surface area contributed by atoms with Gasteiger partial charge in [-0.1, -0.05) is 6.07 Å². The Bertz CT molecular complexity index is 728. The molecule has 2 aromatic rings. The van der Waals surface area contributed by atoms with Crippen molar-refractivity contribution in [1.82, 2.24) is 4.98 Å². The summed E-state index contributed by atoms with van der Waals surface area (Å²) in [6.45, 7) is 0. The van der Waals surface area contributed by atoms with E-state index in [1.165, 1.54) is 36.5 Å². The molecule has 3 amide bonds. The van der Waals surface area contributed by atoms with Gasteiger partial charge in [0.15, 0.2) is 0 Å². The summed E-state index contributed by atoms with van der Waals surface area (Å²) >= 11 is 0. The highest BCUT2D eigenvalue weighted by Crippen LogP contribution is 2.31. The monoisotopic (exact) mass is 300 g/mol. The van der Waals surface area contributed by atoms with E-state index in [0.717, 1.165) is 0 Å². The molecule has 0 fully saturated rings. The number of nitrogens with one attached hydrogen (secondary N) is 2. The Morgan fingerprint density at radius 3 is 2.59 bits per heavy atom. The van der Waals surface area contributed by atoms with Crippen LogP contribution in [0.2, 0.25) is 0 Å². The molecule has 1 aromatic heterocycles. The van der Waals surface area contributed by atoms with E-state index in [2.05, 4.69) is 15.6 Å². The van der Waals surface area contributed by atoms with E-state index in [9.17, 15) is 19.5 Å². The molecule has 5 N–H and O–H groups in total. The molecule has 0 aliphatic rings. The van der Waals surface area contributed by atoms with Gasteiger partial charge in [0.05, 0.1) is 11.3 Å². The number of pyridine rings is 1. The first-order chi connectivity index (χ1) is 10.5. The van der Waals surface area contributed by atoms with Crippen molar-refractivity contribution in [2.45, 2.75) is 0 Å². The molecule has 0 aliphatic carbocycles. The zero-order chi connectivity index (χ0) is 16.1. The number of amides is 3. The molecular formula is C14H12N4O4. The first-order valence-electron chi connectivity index (χ1n) is 6.12. The summed E-state index contributed by atoms with van der Waals surface area (Å²) in [6, 6.07) is 7.07. The lowest BCUT2D eigenvalue weighted by Crippen LogP contribution is -2.16. The van der Waals surface area contributed by atoms with Crippen LogP contribution in [0.4, 0.5) is 11.4 Å². The molecule has 1 heterocycles. The predicted octanol–water partition coefficient (Wildman–Crippen LogP) is 0.707. The van der Waals surface area contributed by atoms with E-state index in [0.29, 0.717) is 6.41 Å². The number of primary amides is 1. The summed E-state index contributed by atoms with van der Waals surface area (Å²) in [6.07, 6.45) is 1.61. The number of phenolic OH excluding ortho intramolecular Hbond substituents is 1. The van der Waals surface area contributed by atoms with E-state index in [1.54, 1.807) is 0 Å². The third-order valence-corrected chi connectivity index (χ3v) is 2.77. The molecule has 1 aromatic carbocycles. The number of aromatic nitrogens is 1. The number of carbonyl (C=O) groups is 3. The number of hydrogen-bond acceptors (Lipinski definition) is 5. The van der Waals surface area contributed by atoms with Crippen LogP contribution in [0.5, 0.6) is 5.75 Å². The van der Waals surface area contributed by atoms with Gasteiger partial charge >= 0.3 is 0 Å². The third kappa shape index (κ3) is 3.18. The van der Waals surface area contributed by atoms with Gasteiger partial charge in [0.25, 0.3) is 11.8 Å². The first-order valence-corrected chi connectivity index (χ1v) is 6.12. The molecule has 0 radical (unpaired) electrons. The number of hydrogen-bond donors (Lipinski definition) is 4. The van der Waals surface area contributed by atoms with Crippen LogP contribution in [0, 0.1) is 0 Å². The van der Waals surface area contributed by atoms with Crippen molar-refractivity contribution >= 4 is 29.6 Å². The second-order valence-corrected chi connectivity index (χ2v) is 4.21. The summed E-state index contributed by atoms with van der Waals surface area (Å²) in [5.74, 6) is -1.48. The number of benzene rings is 1. The SMILES string of the molecule is NC(=O)c1ccc(C(=O)Nc2c(O)cccc2NC=O)cn1. The molecule has 0 saturated heterocycles. The molecule has 0 atom stereocenters. The van der Waals surface area contributed by atoms with Crippen molar-refractivity contribution in [1.29, 1.82) is 0 Å². The van der Waals surface area contributed by atoms with Gasteiger partial charge in [0, 0.05) is 6.20 Å². The van der Waals surface area contributed by atoms with Crippen molar-refractivity contribution in [2.75, 3.05) is 10.6 Å². The zero-order valence-electron chi connectivity index (χ0n) is 11.2. The van der Waals surface area contributed by atoms with E-state index in [4.69, 9.17) is 5.73 Å². The molecule has 0 saturated carbocycles. The third-order valence-electron chi connectivity index (χ3n) is 2.77. The Morgan fingerprint density at radius 2 is 2.00 bits per heavy atom. The number of phenols is 1. The lowest BCUT2D eigenvalue weighted by atomic mass is 10.2. The van der Waals surface area contributed by atoms with Crippen LogP contribution in [0.15, 0.2) is 36.5 Å². The fourth-order valence-corrected chi connectivity index (χ4v) is 1.71. The minimum Gasteiger partial charge on any atom is -0.506 e. The number of nitrogens with two attached hydrogens (primary N) is 1. The van der Waals surface area contributed by atoms with Crippen LogP contribution in [-0.4, -0.2) is 28.3 Å². The lowest BCUT2D eigenvalue weighted by molar-refractivity contribution is -0.105. The summed E-state index contributed by atoms with van der Waals surface area (Å²) in [7, 11) is 0. The fourth-order valence-electron chi connectivity index (χ4n) is 1.71. The average molecular weight is 300 g/mol. The first kappa shape index (κ1) is 15.0. The van der Waals surface area contributed by atoms with Crippen LogP contribution < -0.4 is 16.4 Å². The molecule has 2 rings (SSSR count). The van der Waals surface area contributed by atoms with E-state index < -0.39 is 11.8 Å². The molecule has 0 spiro atoms. The molecule has 22 heavy (non-hydrogen) atoms. The van der Waals surface area contributed by atoms with Crippen LogP contribution >= 0.6 is 0 Å². The van der Waals surface area contributed by atoms with E-state index in [1.807, 2.05) is 0 Å². The number of carbonyl (C=O) groups excluding carboxylic acids is 3. The average Bonchev–Trinajstić information content (AvgIpc) is 2.51. The molecule has 8 nitrogen and oxygen atoms in total. The van der Waals surface area contributed by atoms with E-state index in [-0.39, 0.29) is 28.4 Å². The zero-order valence-corrected chi connectivity index (χ0v) is 11.2. The Morgan fingerprint density at radius 1 is 1.23 bits per heavy atom. The quantitative estimate of drug-likeness (QED) is 0.476. The van der Waals surface area contributed by atoms with Crippen molar-refractivity contribution in [3.63, 3.8) is 0 Å². The number of nitrogens with zero attached hydrogens (tertiary/aromatic N) is 1. The normalized spacial score (nSPS) is 9.82. The summed E-state index contributed by atoms with van der Waals surface area (Å²) in [4.78, 5) is 37.3. The number of rotatable bonds is 5. The van der Waals surface area contributed by atoms with Crippen molar-refractivity contribution in [2.24, 2.45) is 5.73 Å². The van der Waals surface area contributed by atoms with Gasteiger partial charge in [0.1, 0.15) is 17.1 Å². The molecule has 0 aliphatic heterocycles. The van der Waals surface area contributed by atoms with Crippen LogP contribution in [0.25, 0.3) is 0 Å². The van der Waals surface area contributed by atoms with Crippen LogP contribution in [-0.2, 0) is 4.79 Å². The van der Waals surface area contributed by atoms with Gasteiger partial charge in [-0.25, -0.2) is 0 Å². The minimum atomic E-state index is -0.704. The lowest BCUT2D eigenvalue weighted by Gasteiger charge is -2.11. The fraction of sp³-hybridized carbons (Fsp3) is 0. The van der Waals surface area contributed by atoms with E-state index >= 15 is 0 Å². The molecule has 8 heteroatoms. The smallest absolute Gasteiger partial charge is 0.267 e. The Labute approximate surface area is 125 Å². The van der Waals surface area contributed by atoms with Gasteiger partial charge in [0.2, 0.25) is 6.41 Å². The number of para-hydroxylation sites is 1. The second-order valence-electron chi connectivity index (χ2n) is 4.21. The molecule has 0 bridgehead atoms. The molecule has 112 valence electrons. The largest absolute Gasteiger partial charge is 0.506 e. The highest BCUT2D eigenvalue weighted by Gasteiger charge is 2.13. The Hall–Kier alpha value is -3.42. The van der Waals surface area contributed by atoms with Crippen LogP contribution in [0.3, 0.4) is 0 Å². The Kier molecular flexibility index (Phi) is 4.33. The van der Waals surface area contributed by atoms with Gasteiger partial charge in [-0.3, -0.25) is 19.4 Å². The minimum absolute atomic E-state index is 0.0300. The summed E-state index contributed by atoms with van der Waals surface area (Å²) < 4.78 is 0. The summed E-state index contributed by atoms with van der Waals surface area (Å²) in [5, 5.41) is 14.6. The maximum atomic E-state index is 12.1. The van der Waals surface area contributed by atoms with Crippen molar-refractivity contribution in [3.05, 3.63) is 47.8 Å². The van der Waals surface area contributed by atoms with Crippen molar-refractivity contribution < 1.29 is 19.5 Å². The van der Waals surface area contributed by atoms with Gasteiger partial charge in [-0.2, -0.15) is 0 Å². The van der Waals surface area contributed by atoms with Gasteiger partial charge < -0.3 is 21.5 Å². The van der Waals surface area contributed by atoms with Crippen LogP contribution in [0.1, 0.15) is 20.8 Å². The van der Waals surface area contributed by atoms with Gasteiger partial charge in [-0.15, -0.1) is 0 Å². The summed E-state index contributed by atoms with van der Waals surface area (Å²) in [5.41, 5.74) is 5.54. The Balaban J connectivity index is 2.25. The second kappa shape index (κ2) is 6.35. The number of anilines is 2.